The predicted molar refractivity (Wildman–Crippen MR) is 215 cm³/mol. The third-order valence-electron chi connectivity index (χ3n) is 15.1. The van der Waals surface area contributed by atoms with Gasteiger partial charge in [0.1, 0.15) is 5.78 Å². The first-order valence-corrected chi connectivity index (χ1v) is 20.9. The molecule has 0 aliphatic heterocycles. The minimum Gasteiger partial charge on any atom is -0.388 e. The molecule has 5 nitrogen and oxygen atoms in total. The summed E-state index contributed by atoms with van der Waals surface area (Å²) in [5.41, 5.74) is 5.71. The molecule has 0 aromatic heterocycles. The van der Waals surface area contributed by atoms with E-state index in [4.69, 9.17) is 0 Å². The van der Waals surface area contributed by atoms with Crippen molar-refractivity contribution in [2.75, 3.05) is 0 Å². The minimum absolute atomic E-state index is 0. The van der Waals surface area contributed by atoms with Crippen LogP contribution in [0.4, 0.5) is 0 Å². The number of carbonyl (C=O) groups excluding carboxylic acids is 1. The number of Topliss-reactive ketones (excluding diaryl/α,β-unsaturated/α-hetero) is 1. The summed E-state index contributed by atoms with van der Waals surface area (Å²) in [7, 11) is 0. The average molecular weight is 1250 g/mol. The van der Waals surface area contributed by atoms with E-state index in [2.05, 4.69) is 73.4 Å². The van der Waals surface area contributed by atoms with Crippen LogP contribution >= 0.6 is 0 Å². The molecule has 0 spiro atoms. The van der Waals surface area contributed by atoms with E-state index in [1.165, 1.54) is 64.2 Å². The fourth-order valence-corrected chi connectivity index (χ4v) is 11.5. The molecule has 12 atom stereocenters. The first kappa shape index (κ1) is 66.8. The Kier molecular flexibility index (Phi) is 36.4. The summed E-state index contributed by atoms with van der Waals surface area (Å²) in [5.74, 6) is 4.98. The van der Waals surface area contributed by atoms with Gasteiger partial charge in [-0.25, -0.2) is 0 Å². The molecule has 11 heteroatoms. The number of fused-ring (bicyclic) bond motifs is 2. The second-order valence-corrected chi connectivity index (χ2v) is 18.1. The molecule has 58 heavy (non-hydrogen) atoms. The molecule has 0 saturated heterocycles. The summed E-state index contributed by atoms with van der Waals surface area (Å²) in [6.07, 6.45) is 22.9. The molecule has 6 fully saturated rings. The van der Waals surface area contributed by atoms with Crippen molar-refractivity contribution in [2.45, 2.75) is 169 Å². The molecule has 0 heterocycles. The van der Waals surface area contributed by atoms with Crippen LogP contribution in [0.15, 0.2) is 71.9 Å². The van der Waals surface area contributed by atoms with Gasteiger partial charge in [0.15, 0.2) is 0 Å². The molecule has 310 valence electrons. The van der Waals surface area contributed by atoms with Gasteiger partial charge < -0.3 is 20.4 Å². The van der Waals surface area contributed by atoms with Gasteiger partial charge in [-0.05, 0) is 135 Å². The van der Waals surface area contributed by atoms with Crippen molar-refractivity contribution >= 4 is 5.78 Å². The molecule has 0 aromatic rings. The van der Waals surface area contributed by atoms with Gasteiger partial charge in [-0.3, -0.25) is 4.79 Å². The molecule has 6 aliphatic carbocycles. The largest absolute Gasteiger partial charge is 0.388 e. The van der Waals surface area contributed by atoms with Crippen LogP contribution in [-0.4, -0.2) is 50.6 Å². The Labute approximate surface area is 505 Å². The van der Waals surface area contributed by atoms with E-state index in [1.54, 1.807) is 11.6 Å². The monoisotopic (exact) mass is 1250 g/mol. The number of aliphatic hydroxyl groups excluding tert-OH is 4. The molecular formula is C47H74O5Y6. The van der Waals surface area contributed by atoms with Crippen molar-refractivity contribution in [1.82, 2.24) is 0 Å². The molecular weight excluding hydrogens is 1180 g/mol. The van der Waals surface area contributed by atoms with Crippen molar-refractivity contribution in [3.63, 3.8) is 0 Å². The number of rotatable bonds is 6. The van der Waals surface area contributed by atoms with Gasteiger partial charge in [-0.1, -0.05) is 115 Å². The fraction of sp³-hybridized carbons (Fsp3) is 0.723. The number of allylic oxidation sites excluding steroid dienone is 5. The predicted octanol–water partition coefficient (Wildman–Crippen LogP) is 10.1. The zero-order chi connectivity index (χ0) is 38.4. The maximum absolute atomic E-state index is 11.9. The number of carbonyl (C=O) groups is 1. The molecule has 6 radical (unpaired) electrons. The Morgan fingerprint density at radius 2 is 1.00 bits per heavy atom. The molecule has 4 N–H and O–H groups in total. The number of hydrogen-bond acceptors (Lipinski definition) is 5. The van der Waals surface area contributed by atoms with Crippen LogP contribution in [0.25, 0.3) is 0 Å². The minimum atomic E-state index is -0.597. The first-order valence-electron chi connectivity index (χ1n) is 20.9. The number of hydrogen-bond donors (Lipinski definition) is 4. The van der Waals surface area contributed by atoms with Crippen LogP contribution in [0.1, 0.15) is 144 Å². The van der Waals surface area contributed by atoms with Gasteiger partial charge in [0.05, 0.1) is 24.4 Å². The van der Waals surface area contributed by atoms with E-state index in [-0.39, 0.29) is 196 Å². The smallest absolute Gasteiger partial charge is 0.136 e. The maximum Gasteiger partial charge on any atom is 0.136 e. The van der Waals surface area contributed by atoms with Crippen molar-refractivity contribution in [3.8, 4) is 0 Å². The summed E-state index contributed by atoms with van der Waals surface area (Å²) >= 11 is 0. The standard InChI is InChI=1S/C23H36O2.C14H24O.C10H14O2.6Y/c1-5-15(2)19-10-11-20-18(7-6-12-23(19,20)4)9-8-17-13-21(24)16(3)22(25)14-17;1-4-10(2)11-7-8-12-13(15)6-5-9-14(11,12)3;1-3-4-8-5-9(11)7(2)10(12)6-8;;;;;;/h8-9,15,19-22,24-25H,3,5-7,10-14H2,1-2,4H3;10-12H,4-9H2,1-3H3;3-4,9-12H,1-2,5-6H2;;;;;;/b18-9+;;;;;;;;/t15-,19+,20-,21+,22+,23+;10-,11+,12-,14+;9-,10-;;;;;;/m001....../s1. The zero-order valence-electron chi connectivity index (χ0n) is 37.2. The SMILES string of the molecule is C=C1[C@H](O)CC(=C/C=C2\CCC[C@]3(C)[C@@H]([C@@H](C)CC)CC[C@@H]23)C[C@H]1O.C=CC=C1C[C@@H](O)C(=C)[C@H](O)C1.CC[C@H](C)[C@H]1CC[C@H]2C(=O)CCC[C@]12C.[Y].[Y].[Y].[Y].[Y].[Y]. The number of aliphatic hydroxyl groups is 4. The quantitative estimate of drug-likeness (QED) is 0.199. The molecule has 0 bridgehead atoms. The van der Waals surface area contributed by atoms with Gasteiger partial charge in [0.25, 0.3) is 0 Å². The molecule has 6 saturated carbocycles. The molecule has 6 aliphatic rings. The Balaban J connectivity index is -0.000000798. The van der Waals surface area contributed by atoms with Crippen molar-refractivity contribution in [2.24, 2.45) is 46.3 Å². The second kappa shape index (κ2) is 31.6. The summed E-state index contributed by atoms with van der Waals surface area (Å²) in [6, 6.07) is 0. The molecule has 0 unspecified atom stereocenters. The zero-order valence-corrected chi connectivity index (χ0v) is 54.2. The van der Waals surface area contributed by atoms with Gasteiger partial charge in [0.2, 0.25) is 0 Å². The maximum atomic E-state index is 11.9. The van der Waals surface area contributed by atoms with Gasteiger partial charge in [-0.15, -0.1) is 0 Å². The average Bonchev–Trinajstić information content (AvgIpc) is 3.66. The normalized spacial score (nSPS) is 35.3. The van der Waals surface area contributed by atoms with Crippen molar-refractivity contribution in [3.05, 3.63) is 71.9 Å². The third kappa shape index (κ3) is 17.0. The number of ketones is 1. The second-order valence-electron chi connectivity index (χ2n) is 18.1. The Morgan fingerprint density at radius 3 is 1.41 bits per heavy atom. The Morgan fingerprint density at radius 1 is 0.621 bits per heavy atom. The van der Waals surface area contributed by atoms with E-state index in [9.17, 15) is 25.2 Å². The van der Waals surface area contributed by atoms with Crippen LogP contribution in [0.3, 0.4) is 0 Å². The van der Waals surface area contributed by atoms with Crippen LogP contribution in [0.5, 0.6) is 0 Å². The van der Waals surface area contributed by atoms with Crippen LogP contribution in [0, 0.1) is 46.3 Å². The van der Waals surface area contributed by atoms with Crippen LogP contribution in [-0.2, 0) is 201 Å². The van der Waals surface area contributed by atoms with Gasteiger partial charge in [-0.2, -0.15) is 0 Å². The van der Waals surface area contributed by atoms with Crippen molar-refractivity contribution in [1.29, 1.82) is 0 Å². The van der Waals surface area contributed by atoms with Crippen LogP contribution in [0.2, 0.25) is 0 Å². The van der Waals surface area contributed by atoms with Gasteiger partial charge in [0, 0.05) is 209 Å². The van der Waals surface area contributed by atoms with E-state index in [1.807, 2.05) is 6.08 Å². The van der Waals surface area contributed by atoms with Gasteiger partial charge >= 0.3 is 0 Å². The van der Waals surface area contributed by atoms with Crippen molar-refractivity contribution < 1.29 is 221 Å². The summed E-state index contributed by atoms with van der Waals surface area (Å²) in [4.78, 5) is 11.9. The van der Waals surface area contributed by atoms with Crippen LogP contribution < -0.4 is 0 Å². The molecule has 0 amide bonds. The van der Waals surface area contributed by atoms with E-state index >= 15 is 0 Å². The third-order valence-corrected chi connectivity index (χ3v) is 15.1. The Bertz CT molecular complexity index is 1360. The van der Waals surface area contributed by atoms with E-state index < -0.39 is 24.4 Å². The summed E-state index contributed by atoms with van der Waals surface area (Å²) in [5, 5.41) is 38.9. The molecule has 0 aromatic carbocycles. The molecule has 6 rings (SSSR count). The summed E-state index contributed by atoms with van der Waals surface area (Å²) in [6.45, 7) is 25.3. The first-order chi connectivity index (χ1) is 24.6. The summed E-state index contributed by atoms with van der Waals surface area (Å²) < 4.78 is 0. The van der Waals surface area contributed by atoms with E-state index in [0.717, 1.165) is 53.6 Å². The fourth-order valence-electron chi connectivity index (χ4n) is 11.5. The topological polar surface area (TPSA) is 98.0 Å². The van der Waals surface area contributed by atoms with E-state index in [0.29, 0.717) is 59.4 Å². The Hall–Kier alpha value is 4.57.